The van der Waals surface area contributed by atoms with Gasteiger partial charge in [0.2, 0.25) is 0 Å². The van der Waals surface area contributed by atoms with Gasteiger partial charge in [0.25, 0.3) is 5.91 Å². The monoisotopic (exact) mass is 422 g/mol. The number of benzene rings is 2. The Morgan fingerprint density at radius 3 is 2.57 bits per heavy atom. The number of nitrogens with one attached hydrogen (secondary N) is 1. The maximum absolute atomic E-state index is 12.8. The molecule has 0 aliphatic heterocycles. The average Bonchev–Trinajstić information content (AvgIpc) is 3.19. The second-order valence-corrected chi connectivity index (χ2v) is 7.05. The van der Waals surface area contributed by atoms with E-state index in [0.717, 1.165) is 16.8 Å². The van der Waals surface area contributed by atoms with Crippen LogP contribution in [-0.2, 0) is 0 Å². The van der Waals surface area contributed by atoms with Gasteiger partial charge in [0.15, 0.2) is 22.8 Å². The Labute approximate surface area is 178 Å². The highest BCUT2D eigenvalue weighted by Crippen LogP contribution is 2.32. The Morgan fingerprint density at radius 1 is 1.03 bits per heavy atom. The molecule has 0 fully saturated rings. The third-order valence-corrected chi connectivity index (χ3v) is 4.94. The number of hydrogen-bond acceptors (Lipinski definition) is 5. The Kier molecular flexibility index (Phi) is 5.29. The summed E-state index contributed by atoms with van der Waals surface area (Å²) in [4.78, 5) is 17.1. The van der Waals surface area contributed by atoms with Gasteiger partial charge >= 0.3 is 0 Å². The summed E-state index contributed by atoms with van der Waals surface area (Å²) in [7, 11) is 3.17. The van der Waals surface area contributed by atoms with Crippen LogP contribution in [0.1, 0.15) is 16.1 Å². The summed E-state index contributed by atoms with van der Waals surface area (Å²) in [6.07, 6.45) is 1.67. The van der Waals surface area contributed by atoms with Crippen LogP contribution in [-0.4, -0.2) is 34.7 Å². The fraction of sp³-hybridized carbons (Fsp3) is 0.136. The van der Waals surface area contributed by atoms with Crippen LogP contribution in [0.3, 0.4) is 0 Å². The molecule has 0 aliphatic carbocycles. The average molecular weight is 423 g/mol. The molecule has 0 saturated carbocycles. The Hall–Kier alpha value is -3.58. The van der Waals surface area contributed by atoms with Gasteiger partial charge < -0.3 is 14.8 Å². The first-order chi connectivity index (χ1) is 14.5. The Balaban J connectivity index is 1.71. The van der Waals surface area contributed by atoms with E-state index in [9.17, 15) is 4.79 Å². The molecule has 0 radical (unpaired) electrons. The molecule has 1 N–H and O–H groups in total. The van der Waals surface area contributed by atoms with Crippen LogP contribution in [0.15, 0.2) is 54.7 Å². The zero-order valence-electron chi connectivity index (χ0n) is 16.6. The topological polar surface area (TPSA) is 77.8 Å². The SMILES string of the molecule is COc1ccc(-c2ccnc3cc(C(=O)Nc4ccc(Cl)cc4C)nn23)cc1OC. The summed E-state index contributed by atoms with van der Waals surface area (Å²) in [5.41, 5.74) is 3.97. The lowest BCUT2D eigenvalue weighted by molar-refractivity contribution is 0.102. The van der Waals surface area contributed by atoms with Gasteiger partial charge in [-0.2, -0.15) is 5.10 Å². The highest BCUT2D eigenvalue weighted by atomic mass is 35.5. The fourth-order valence-corrected chi connectivity index (χ4v) is 3.40. The van der Waals surface area contributed by atoms with Crippen LogP contribution in [0.5, 0.6) is 11.5 Å². The van der Waals surface area contributed by atoms with Gasteiger partial charge in [-0.3, -0.25) is 4.79 Å². The lowest BCUT2D eigenvalue weighted by atomic mass is 10.1. The minimum Gasteiger partial charge on any atom is -0.493 e. The van der Waals surface area contributed by atoms with Crippen molar-refractivity contribution in [1.29, 1.82) is 0 Å². The van der Waals surface area contributed by atoms with Crippen molar-refractivity contribution in [2.24, 2.45) is 0 Å². The van der Waals surface area contributed by atoms with E-state index in [1.165, 1.54) is 0 Å². The van der Waals surface area contributed by atoms with Gasteiger partial charge in [0.05, 0.1) is 19.9 Å². The van der Waals surface area contributed by atoms with Crippen molar-refractivity contribution in [2.75, 3.05) is 19.5 Å². The summed E-state index contributed by atoms with van der Waals surface area (Å²) in [6, 6.07) is 14.3. The van der Waals surface area contributed by atoms with E-state index < -0.39 is 0 Å². The van der Waals surface area contributed by atoms with Crippen LogP contribution in [0.25, 0.3) is 16.9 Å². The number of nitrogens with zero attached hydrogens (tertiary/aromatic N) is 3. The molecule has 2 aromatic heterocycles. The predicted molar refractivity (Wildman–Crippen MR) is 116 cm³/mol. The van der Waals surface area contributed by atoms with E-state index in [1.807, 2.05) is 31.2 Å². The molecule has 4 rings (SSSR count). The van der Waals surface area contributed by atoms with Crippen molar-refractivity contribution in [3.05, 3.63) is 71.0 Å². The molecule has 0 saturated heterocycles. The van der Waals surface area contributed by atoms with E-state index in [0.29, 0.717) is 27.9 Å². The van der Waals surface area contributed by atoms with E-state index >= 15 is 0 Å². The van der Waals surface area contributed by atoms with Crippen molar-refractivity contribution in [2.45, 2.75) is 6.92 Å². The number of amides is 1. The van der Waals surface area contributed by atoms with Crippen molar-refractivity contribution in [3.63, 3.8) is 0 Å². The minimum atomic E-state index is -0.329. The maximum atomic E-state index is 12.8. The quantitative estimate of drug-likeness (QED) is 0.507. The fourth-order valence-electron chi connectivity index (χ4n) is 3.17. The van der Waals surface area contributed by atoms with Gasteiger partial charge in [-0.05, 0) is 55.0 Å². The number of carbonyl (C=O) groups excluding carboxylic acids is 1. The number of hydrogen-bond donors (Lipinski definition) is 1. The maximum Gasteiger partial charge on any atom is 0.276 e. The Morgan fingerprint density at radius 2 is 1.83 bits per heavy atom. The molecule has 0 bridgehead atoms. The van der Waals surface area contributed by atoms with Gasteiger partial charge in [0.1, 0.15) is 0 Å². The number of aromatic nitrogens is 3. The molecule has 0 atom stereocenters. The number of methoxy groups -OCH3 is 2. The zero-order valence-corrected chi connectivity index (χ0v) is 17.4. The molecule has 4 aromatic rings. The Bertz CT molecular complexity index is 1250. The highest BCUT2D eigenvalue weighted by molar-refractivity contribution is 6.30. The number of rotatable bonds is 5. The second kappa shape index (κ2) is 8.04. The molecule has 2 aromatic carbocycles. The van der Waals surface area contributed by atoms with Gasteiger partial charge in [-0.15, -0.1) is 0 Å². The molecule has 7 nitrogen and oxygen atoms in total. The molecule has 0 unspecified atom stereocenters. The number of fused-ring (bicyclic) bond motifs is 1. The summed E-state index contributed by atoms with van der Waals surface area (Å²) >= 11 is 5.99. The number of halogens is 1. The summed E-state index contributed by atoms with van der Waals surface area (Å²) < 4.78 is 12.3. The van der Waals surface area contributed by atoms with Crippen LogP contribution in [0, 0.1) is 6.92 Å². The van der Waals surface area contributed by atoms with Gasteiger partial charge in [0, 0.05) is 28.5 Å². The molecular formula is C22H19ClN4O3. The van der Waals surface area contributed by atoms with Crippen LogP contribution >= 0.6 is 11.6 Å². The van der Waals surface area contributed by atoms with Crippen LogP contribution in [0.4, 0.5) is 5.69 Å². The van der Waals surface area contributed by atoms with Gasteiger partial charge in [-0.1, -0.05) is 11.6 Å². The van der Waals surface area contributed by atoms with E-state index in [-0.39, 0.29) is 11.6 Å². The third-order valence-electron chi connectivity index (χ3n) is 4.71. The largest absolute Gasteiger partial charge is 0.493 e. The molecular weight excluding hydrogens is 404 g/mol. The zero-order chi connectivity index (χ0) is 21.3. The molecule has 1 amide bonds. The summed E-state index contributed by atoms with van der Waals surface area (Å²) in [5, 5.41) is 7.96. The van der Waals surface area contributed by atoms with Crippen molar-refractivity contribution in [3.8, 4) is 22.8 Å². The molecule has 2 heterocycles. The number of aryl methyl sites for hydroxylation is 1. The molecule has 8 heteroatoms. The van der Waals surface area contributed by atoms with Crippen molar-refractivity contribution in [1.82, 2.24) is 14.6 Å². The number of ether oxygens (including phenoxy) is 2. The van der Waals surface area contributed by atoms with Crippen LogP contribution in [0.2, 0.25) is 5.02 Å². The first-order valence-corrected chi connectivity index (χ1v) is 9.52. The lowest BCUT2D eigenvalue weighted by Gasteiger charge is -2.10. The van der Waals surface area contributed by atoms with Crippen molar-refractivity contribution >= 4 is 28.8 Å². The first kappa shape index (κ1) is 19.7. The normalized spacial score (nSPS) is 10.8. The summed E-state index contributed by atoms with van der Waals surface area (Å²) in [5.74, 6) is 0.901. The standard InChI is InChI=1S/C22H19ClN4O3/c1-13-10-15(23)5-6-16(13)25-22(28)17-12-21-24-9-8-18(27(21)26-17)14-4-7-19(29-2)20(11-14)30-3/h4-12H,1-3H3,(H,25,28). The highest BCUT2D eigenvalue weighted by Gasteiger charge is 2.16. The third kappa shape index (κ3) is 3.67. The van der Waals surface area contributed by atoms with Crippen molar-refractivity contribution < 1.29 is 14.3 Å². The van der Waals surface area contributed by atoms with E-state index in [1.54, 1.807) is 49.2 Å². The number of carbonyl (C=O) groups is 1. The van der Waals surface area contributed by atoms with Crippen LogP contribution < -0.4 is 14.8 Å². The first-order valence-electron chi connectivity index (χ1n) is 9.15. The van der Waals surface area contributed by atoms with E-state index in [2.05, 4.69) is 15.4 Å². The predicted octanol–water partition coefficient (Wildman–Crippen LogP) is 4.63. The van der Waals surface area contributed by atoms with Gasteiger partial charge in [-0.25, -0.2) is 9.50 Å². The molecule has 152 valence electrons. The smallest absolute Gasteiger partial charge is 0.276 e. The second-order valence-electron chi connectivity index (χ2n) is 6.61. The molecule has 0 spiro atoms. The summed E-state index contributed by atoms with van der Waals surface area (Å²) in [6.45, 7) is 1.88. The minimum absolute atomic E-state index is 0.254. The lowest BCUT2D eigenvalue weighted by Crippen LogP contribution is -2.13. The van der Waals surface area contributed by atoms with E-state index in [4.69, 9.17) is 21.1 Å². The molecule has 0 aliphatic rings. The molecule has 30 heavy (non-hydrogen) atoms. The number of anilines is 1.